The maximum absolute atomic E-state index is 12.0. The van der Waals surface area contributed by atoms with Gasteiger partial charge >= 0.3 is 0 Å². The van der Waals surface area contributed by atoms with Crippen LogP contribution in [-0.4, -0.2) is 36.3 Å². The lowest BCUT2D eigenvalue weighted by Crippen LogP contribution is -2.48. The van der Waals surface area contributed by atoms with Gasteiger partial charge in [0, 0.05) is 37.3 Å². The van der Waals surface area contributed by atoms with E-state index in [0.717, 1.165) is 0 Å². The Hall–Kier alpha value is -2.04. The first kappa shape index (κ1) is 12.4. The number of piperidine rings is 1. The van der Waals surface area contributed by atoms with Crippen LogP contribution in [0.4, 0.5) is 5.69 Å². The van der Waals surface area contributed by atoms with Crippen LogP contribution in [0.5, 0.6) is 0 Å². The minimum atomic E-state index is -0.143. The Kier molecular flexibility index (Phi) is 3.50. The van der Waals surface area contributed by atoms with Crippen LogP contribution in [0.25, 0.3) is 0 Å². The molecule has 2 amide bonds. The molecule has 96 valence electrons. The van der Waals surface area contributed by atoms with Crippen LogP contribution < -0.4 is 11.1 Å². The molecule has 2 rings (SSSR count). The second-order valence-electron chi connectivity index (χ2n) is 4.61. The number of amides is 2. The van der Waals surface area contributed by atoms with Crippen molar-refractivity contribution in [1.29, 1.82) is 0 Å². The maximum atomic E-state index is 12.0. The Morgan fingerprint density at radius 1 is 1.50 bits per heavy atom. The zero-order valence-corrected chi connectivity index (χ0v) is 10.3. The van der Waals surface area contributed by atoms with Gasteiger partial charge in [-0.2, -0.15) is 0 Å². The number of carbonyl (C=O) groups excluding carboxylic acids is 2. The number of nitrogens with two attached hydrogens (primary N) is 1. The molecule has 5 heteroatoms. The fraction of sp³-hybridized carbons (Fsp3) is 0.385. The molecule has 1 fully saturated rings. The van der Waals surface area contributed by atoms with Gasteiger partial charge < -0.3 is 16.0 Å². The molecule has 1 aromatic rings. The molecule has 3 N–H and O–H groups in total. The second kappa shape index (κ2) is 5.08. The smallest absolute Gasteiger partial charge is 0.251 e. The highest BCUT2D eigenvalue weighted by Crippen LogP contribution is 2.11. The zero-order valence-electron chi connectivity index (χ0n) is 10.3. The molecule has 5 nitrogen and oxygen atoms in total. The molecule has 1 saturated heterocycles. The summed E-state index contributed by atoms with van der Waals surface area (Å²) in [7, 11) is 1.75. The van der Waals surface area contributed by atoms with E-state index < -0.39 is 0 Å². The van der Waals surface area contributed by atoms with Gasteiger partial charge in [0.15, 0.2) is 0 Å². The van der Waals surface area contributed by atoms with Crippen molar-refractivity contribution in [2.75, 3.05) is 19.3 Å². The van der Waals surface area contributed by atoms with Gasteiger partial charge in [-0.05, 0) is 24.6 Å². The highest BCUT2D eigenvalue weighted by atomic mass is 16.2. The summed E-state index contributed by atoms with van der Waals surface area (Å²) in [4.78, 5) is 25.0. The summed E-state index contributed by atoms with van der Waals surface area (Å²) >= 11 is 0. The number of likely N-dealkylation sites (tertiary alicyclic amines) is 1. The lowest BCUT2D eigenvalue weighted by atomic mass is 10.0. The van der Waals surface area contributed by atoms with Crippen molar-refractivity contribution in [1.82, 2.24) is 10.2 Å². The third-order valence-electron chi connectivity index (χ3n) is 3.11. The maximum Gasteiger partial charge on any atom is 0.251 e. The van der Waals surface area contributed by atoms with Crippen molar-refractivity contribution in [2.45, 2.75) is 18.9 Å². The molecule has 0 spiro atoms. The number of nitrogens with zero attached hydrogens (tertiary/aromatic N) is 1. The molecule has 1 unspecified atom stereocenters. The molecular formula is C13H17N3O2. The number of carbonyl (C=O) groups is 2. The van der Waals surface area contributed by atoms with Crippen molar-refractivity contribution in [2.24, 2.45) is 0 Å². The summed E-state index contributed by atoms with van der Waals surface area (Å²) in [6.45, 7) is 0.562. The summed E-state index contributed by atoms with van der Waals surface area (Å²) in [5, 5.41) is 2.92. The van der Waals surface area contributed by atoms with E-state index in [2.05, 4.69) is 5.32 Å². The Morgan fingerprint density at radius 3 is 2.94 bits per heavy atom. The van der Waals surface area contributed by atoms with Crippen LogP contribution in [0, 0.1) is 0 Å². The molecule has 1 aliphatic heterocycles. The number of hydrogen-bond donors (Lipinski definition) is 2. The molecule has 0 aliphatic carbocycles. The molecule has 0 saturated carbocycles. The topological polar surface area (TPSA) is 75.4 Å². The fourth-order valence-electron chi connectivity index (χ4n) is 2.08. The summed E-state index contributed by atoms with van der Waals surface area (Å²) in [5.74, 6) is -0.0143. The predicted molar refractivity (Wildman–Crippen MR) is 69.0 cm³/mol. The van der Waals surface area contributed by atoms with E-state index in [0.29, 0.717) is 30.6 Å². The van der Waals surface area contributed by atoms with Crippen LogP contribution >= 0.6 is 0 Å². The van der Waals surface area contributed by atoms with Crippen LogP contribution in [0.2, 0.25) is 0 Å². The van der Waals surface area contributed by atoms with Gasteiger partial charge in [0.25, 0.3) is 5.91 Å². The van der Waals surface area contributed by atoms with Crippen LogP contribution in [0.3, 0.4) is 0 Å². The molecule has 1 atom stereocenters. The van der Waals surface area contributed by atoms with Gasteiger partial charge in [-0.3, -0.25) is 9.59 Å². The Balaban J connectivity index is 1.98. The van der Waals surface area contributed by atoms with Gasteiger partial charge in [0.2, 0.25) is 5.91 Å². The van der Waals surface area contributed by atoms with E-state index in [-0.39, 0.29) is 17.9 Å². The quantitative estimate of drug-likeness (QED) is 0.752. The Labute approximate surface area is 106 Å². The zero-order chi connectivity index (χ0) is 13.1. The third-order valence-corrected chi connectivity index (χ3v) is 3.11. The molecule has 0 radical (unpaired) electrons. The first-order valence-corrected chi connectivity index (χ1v) is 5.96. The van der Waals surface area contributed by atoms with Crippen LogP contribution in [0.15, 0.2) is 24.3 Å². The molecule has 1 heterocycles. The van der Waals surface area contributed by atoms with Gasteiger partial charge in [-0.15, -0.1) is 0 Å². The molecule has 0 aromatic heterocycles. The van der Waals surface area contributed by atoms with Crippen molar-refractivity contribution in [3.8, 4) is 0 Å². The van der Waals surface area contributed by atoms with E-state index in [1.54, 1.807) is 36.2 Å². The molecule has 18 heavy (non-hydrogen) atoms. The summed E-state index contributed by atoms with van der Waals surface area (Å²) in [6.07, 6.45) is 1.18. The van der Waals surface area contributed by atoms with Crippen molar-refractivity contribution < 1.29 is 9.59 Å². The van der Waals surface area contributed by atoms with Crippen LogP contribution in [-0.2, 0) is 4.79 Å². The van der Waals surface area contributed by atoms with E-state index in [1.807, 2.05) is 0 Å². The molecule has 1 aromatic carbocycles. The highest BCUT2D eigenvalue weighted by Gasteiger charge is 2.24. The fourth-order valence-corrected chi connectivity index (χ4v) is 2.08. The first-order chi connectivity index (χ1) is 8.56. The SMILES string of the molecule is CN1CC(NC(=O)c2cccc(N)c2)CCC1=O. The highest BCUT2D eigenvalue weighted by molar-refractivity contribution is 5.95. The summed E-state index contributed by atoms with van der Waals surface area (Å²) in [6, 6.07) is 6.88. The van der Waals surface area contributed by atoms with Gasteiger partial charge in [0.05, 0.1) is 0 Å². The Morgan fingerprint density at radius 2 is 2.28 bits per heavy atom. The lowest BCUT2D eigenvalue weighted by molar-refractivity contribution is -0.132. The number of anilines is 1. The minimum absolute atomic E-state index is 0.0154. The van der Waals surface area contributed by atoms with Gasteiger partial charge in [-0.1, -0.05) is 6.07 Å². The van der Waals surface area contributed by atoms with Crippen molar-refractivity contribution in [3.05, 3.63) is 29.8 Å². The van der Waals surface area contributed by atoms with Crippen LogP contribution in [0.1, 0.15) is 23.2 Å². The number of rotatable bonds is 2. The number of likely N-dealkylation sites (N-methyl/N-ethyl adjacent to an activating group) is 1. The van der Waals surface area contributed by atoms with Crippen molar-refractivity contribution in [3.63, 3.8) is 0 Å². The van der Waals surface area contributed by atoms with E-state index in [9.17, 15) is 9.59 Å². The van der Waals surface area contributed by atoms with Gasteiger partial charge in [0.1, 0.15) is 0 Å². The Bertz CT molecular complexity index is 473. The second-order valence-corrected chi connectivity index (χ2v) is 4.61. The monoisotopic (exact) mass is 247 g/mol. The average Bonchev–Trinajstić information content (AvgIpc) is 2.34. The number of hydrogen-bond acceptors (Lipinski definition) is 3. The average molecular weight is 247 g/mol. The molecular weight excluding hydrogens is 230 g/mol. The normalized spacial score (nSPS) is 19.7. The van der Waals surface area contributed by atoms with E-state index in [4.69, 9.17) is 5.73 Å². The number of nitrogen functional groups attached to an aromatic ring is 1. The molecule has 0 bridgehead atoms. The number of benzene rings is 1. The molecule has 1 aliphatic rings. The minimum Gasteiger partial charge on any atom is -0.399 e. The summed E-state index contributed by atoms with van der Waals surface area (Å²) < 4.78 is 0. The largest absolute Gasteiger partial charge is 0.399 e. The van der Waals surface area contributed by atoms with Crippen molar-refractivity contribution >= 4 is 17.5 Å². The third kappa shape index (κ3) is 2.80. The van der Waals surface area contributed by atoms with E-state index in [1.165, 1.54) is 0 Å². The first-order valence-electron chi connectivity index (χ1n) is 5.96. The van der Waals surface area contributed by atoms with E-state index >= 15 is 0 Å². The lowest BCUT2D eigenvalue weighted by Gasteiger charge is -2.30. The predicted octanol–water partition coefficient (Wildman–Crippen LogP) is 0.619. The standard InChI is InChI=1S/C13H17N3O2/c1-16-8-11(5-6-12(16)17)15-13(18)9-3-2-4-10(14)7-9/h2-4,7,11H,5-6,8,14H2,1H3,(H,15,18). The number of nitrogens with one attached hydrogen (secondary N) is 1. The van der Waals surface area contributed by atoms with Gasteiger partial charge in [-0.25, -0.2) is 0 Å². The summed E-state index contributed by atoms with van der Waals surface area (Å²) in [5.41, 5.74) is 6.76.